The monoisotopic (exact) mass is 363 g/mol. The zero-order valence-corrected chi connectivity index (χ0v) is 16.3. The third-order valence-electron chi connectivity index (χ3n) is 3.49. The van der Waals surface area contributed by atoms with Gasteiger partial charge in [0, 0.05) is 18.5 Å². The highest BCUT2D eigenvalue weighted by molar-refractivity contribution is 5.97. The SMILES string of the molecule is CC(C)c1ccc(C(=O)COC(=O)CCCNC(=O)OC(C)(C)C)cc1. The first-order chi connectivity index (χ1) is 12.1. The molecule has 0 heterocycles. The number of hydrogen-bond acceptors (Lipinski definition) is 5. The number of carbonyl (C=O) groups excluding carboxylic acids is 3. The molecule has 6 heteroatoms. The molecule has 0 aromatic heterocycles. The third-order valence-corrected chi connectivity index (χ3v) is 3.49. The van der Waals surface area contributed by atoms with Gasteiger partial charge in [0.15, 0.2) is 12.4 Å². The molecule has 1 aromatic carbocycles. The van der Waals surface area contributed by atoms with E-state index in [0.29, 0.717) is 24.4 Å². The van der Waals surface area contributed by atoms with Crippen LogP contribution in [0.1, 0.15) is 69.3 Å². The first-order valence-corrected chi connectivity index (χ1v) is 8.84. The van der Waals surface area contributed by atoms with Crippen molar-refractivity contribution < 1.29 is 23.9 Å². The minimum Gasteiger partial charge on any atom is -0.457 e. The van der Waals surface area contributed by atoms with E-state index in [9.17, 15) is 14.4 Å². The van der Waals surface area contributed by atoms with Crippen LogP contribution in [0.3, 0.4) is 0 Å². The van der Waals surface area contributed by atoms with Crippen LogP contribution in [0.2, 0.25) is 0 Å². The Morgan fingerprint density at radius 2 is 1.69 bits per heavy atom. The number of benzene rings is 1. The van der Waals surface area contributed by atoms with Gasteiger partial charge < -0.3 is 14.8 Å². The predicted octanol–water partition coefficient (Wildman–Crippen LogP) is 3.84. The van der Waals surface area contributed by atoms with E-state index in [1.807, 2.05) is 12.1 Å². The van der Waals surface area contributed by atoms with Crippen molar-refractivity contribution >= 4 is 17.8 Å². The summed E-state index contributed by atoms with van der Waals surface area (Å²) in [6, 6.07) is 7.30. The summed E-state index contributed by atoms with van der Waals surface area (Å²) in [6.07, 6.45) is 0.0101. The summed E-state index contributed by atoms with van der Waals surface area (Å²) >= 11 is 0. The van der Waals surface area contributed by atoms with Crippen LogP contribution in [0.25, 0.3) is 0 Å². The van der Waals surface area contributed by atoms with Crippen molar-refractivity contribution in [2.75, 3.05) is 13.2 Å². The third kappa shape index (κ3) is 8.65. The van der Waals surface area contributed by atoms with Gasteiger partial charge in [0.25, 0.3) is 0 Å². The van der Waals surface area contributed by atoms with Crippen molar-refractivity contribution in [3.8, 4) is 0 Å². The smallest absolute Gasteiger partial charge is 0.407 e. The second-order valence-corrected chi connectivity index (χ2v) is 7.39. The van der Waals surface area contributed by atoms with E-state index < -0.39 is 17.7 Å². The van der Waals surface area contributed by atoms with Gasteiger partial charge in [-0.05, 0) is 38.7 Å². The zero-order valence-electron chi connectivity index (χ0n) is 16.3. The van der Waals surface area contributed by atoms with Crippen LogP contribution in [-0.2, 0) is 14.3 Å². The topological polar surface area (TPSA) is 81.7 Å². The minimum atomic E-state index is -0.559. The molecule has 0 radical (unpaired) electrons. The lowest BCUT2D eigenvalue weighted by Gasteiger charge is -2.19. The average molecular weight is 363 g/mol. The van der Waals surface area contributed by atoms with Gasteiger partial charge in [-0.3, -0.25) is 9.59 Å². The van der Waals surface area contributed by atoms with Crippen molar-refractivity contribution in [3.05, 3.63) is 35.4 Å². The van der Waals surface area contributed by atoms with Crippen molar-refractivity contribution in [2.45, 2.75) is 59.0 Å². The molecule has 1 rings (SSSR count). The van der Waals surface area contributed by atoms with Gasteiger partial charge >= 0.3 is 12.1 Å². The number of carbonyl (C=O) groups is 3. The van der Waals surface area contributed by atoms with Gasteiger partial charge in [0.05, 0.1) is 0 Å². The van der Waals surface area contributed by atoms with Crippen molar-refractivity contribution in [2.24, 2.45) is 0 Å². The summed E-state index contributed by atoms with van der Waals surface area (Å²) in [5.74, 6) is -0.310. The van der Waals surface area contributed by atoms with Gasteiger partial charge in [0.2, 0.25) is 0 Å². The highest BCUT2D eigenvalue weighted by atomic mass is 16.6. The van der Waals surface area contributed by atoms with Crippen molar-refractivity contribution in [1.29, 1.82) is 0 Å². The van der Waals surface area contributed by atoms with Crippen LogP contribution in [0.5, 0.6) is 0 Å². The molecule has 0 aliphatic heterocycles. The van der Waals surface area contributed by atoms with Crippen LogP contribution in [0.4, 0.5) is 4.79 Å². The van der Waals surface area contributed by atoms with E-state index in [0.717, 1.165) is 5.56 Å². The van der Waals surface area contributed by atoms with Crippen LogP contribution in [0, 0.1) is 0 Å². The summed E-state index contributed by atoms with van der Waals surface area (Å²) in [4.78, 5) is 35.2. The molecule has 6 nitrogen and oxygen atoms in total. The Balaban J connectivity index is 2.25. The number of hydrogen-bond donors (Lipinski definition) is 1. The number of nitrogens with one attached hydrogen (secondary N) is 1. The summed E-state index contributed by atoms with van der Waals surface area (Å²) in [7, 11) is 0. The maximum absolute atomic E-state index is 12.0. The fourth-order valence-electron chi connectivity index (χ4n) is 2.09. The molecular weight excluding hydrogens is 334 g/mol. The van der Waals surface area contributed by atoms with E-state index in [1.54, 1.807) is 32.9 Å². The normalized spacial score (nSPS) is 11.2. The number of ether oxygens (including phenoxy) is 2. The van der Waals surface area contributed by atoms with Crippen LogP contribution in [-0.4, -0.2) is 36.6 Å². The van der Waals surface area contributed by atoms with Crippen LogP contribution >= 0.6 is 0 Å². The van der Waals surface area contributed by atoms with Gasteiger partial charge in [-0.1, -0.05) is 38.1 Å². The molecule has 0 saturated heterocycles. The molecule has 1 N–H and O–H groups in total. The Kier molecular flexibility index (Phi) is 8.29. The van der Waals surface area contributed by atoms with Gasteiger partial charge in [-0.25, -0.2) is 4.79 Å². The molecule has 1 amide bonds. The minimum absolute atomic E-state index is 0.120. The summed E-state index contributed by atoms with van der Waals surface area (Å²) in [5, 5.41) is 2.56. The predicted molar refractivity (Wildman–Crippen MR) is 99.3 cm³/mol. The summed E-state index contributed by atoms with van der Waals surface area (Å²) in [5.41, 5.74) is 1.11. The Labute approximate surface area is 155 Å². The van der Waals surface area contributed by atoms with E-state index >= 15 is 0 Å². The molecule has 1 aromatic rings. The Bertz CT molecular complexity index is 614. The zero-order chi connectivity index (χ0) is 19.7. The standard InChI is InChI=1S/C20H29NO5/c1-14(2)15-8-10-16(11-9-15)17(22)13-25-18(23)7-6-12-21-19(24)26-20(3,4)5/h8-11,14H,6-7,12-13H2,1-5H3,(H,21,24). The summed E-state index contributed by atoms with van der Waals surface area (Å²) in [6.45, 7) is 9.51. The highest BCUT2D eigenvalue weighted by Gasteiger charge is 2.16. The molecule has 0 aliphatic carbocycles. The molecule has 0 fully saturated rings. The lowest BCUT2D eigenvalue weighted by Crippen LogP contribution is -2.33. The number of esters is 1. The number of alkyl carbamates (subject to hydrolysis) is 1. The quantitative estimate of drug-likeness (QED) is 0.431. The Hall–Kier alpha value is -2.37. The fourth-order valence-corrected chi connectivity index (χ4v) is 2.09. The van der Waals surface area contributed by atoms with E-state index in [-0.39, 0.29) is 18.8 Å². The average Bonchev–Trinajstić information content (AvgIpc) is 2.55. The fraction of sp³-hybridized carbons (Fsp3) is 0.550. The highest BCUT2D eigenvalue weighted by Crippen LogP contribution is 2.15. The second kappa shape index (κ2) is 9.94. The second-order valence-electron chi connectivity index (χ2n) is 7.39. The Morgan fingerprint density at radius 1 is 1.08 bits per heavy atom. The lowest BCUT2D eigenvalue weighted by molar-refractivity contribution is -0.142. The molecule has 0 atom stereocenters. The van der Waals surface area contributed by atoms with Crippen LogP contribution < -0.4 is 5.32 Å². The van der Waals surface area contributed by atoms with Gasteiger partial charge in [-0.15, -0.1) is 0 Å². The van der Waals surface area contributed by atoms with Crippen molar-refractivity contribution in [3.63, 3.8) is 0 Å². The molecule has 0 spiro atoms. The Morgan fingerprint density at radius 3 is 2.23 bits per heavy atom. The number of Topliss-reactive ketones (excluding diaryl/α,β-unsaturated/α-hetero) is 1. The largest absolute Gasteiger partial charge is 0.457 e. The van der Waals surface area contributed by atoms with Crippen LogP contribution in [0.15, 0.2) is 24.3 Å². The number of ketones is 1. The van der Waals surface area contributed by atoms with E-state index in [4.69, 9.17) is 9.47 Å². The maximum Gasteiger partial charge on any atom is 0.407 e. The molecule has 0 aliphatic rings. The molecule has 144 valence electrons. The van der Waals surface area contributed by atoms with Gasteiger partial charge in [-0.2, -0.15) is 0 Å². The van der Waals surface area contributed by atoms with E-state index in [1.165, 1.54) is 0 Å². The van der Waals surface area contributed by atoms with Gasteiger partial charge in [0.1, 0.15) is 5.60 Å². The number of rotatable bonds is 8. The molecule has 0 bridgehead atoms. The molecule has 26 heavy (non-hydrogen) atoms. The first kappa shape index (κ1) is 21.7. The number of amides is 1. The molecular formula is C20H29NO5. The maximum atomic E-state index is 12.0. The van der Waals surface area contributed by atoms with E-state index in [2.05, 4.69) is 19.2 Å². The molecule has 0 saturated carbocycles. The first-order valence-electron chi connectivity index (χ1n) is 8.84. The summed E-state index contributed by atoms with van der Waals surface area (Å²) < 4.78 is 10.1. The molecule has 0 unspecified atom stereocenters. The van der Waals surface area contributed by atoms with Crippen molar-refractivity contribution in [1.82, 2.24) is 5.32 Å². The lowest BCUT2D eigenvalue weighted by atomic mass is 10.0.